The van der Waals surface area contributed by atoms with Gasteiger partial charge in [-0.1, -0.05) is 12.1 Å². The molecule has 0 fully saturated rings. The Hall–Kier alpha value is -3.76. The van der Waals surface area contributed by atoms with Crippen molar-refractivity contribution in [3.05, 3.63) is 65.4 Å². The first-order valence-electron chi connectivity index (χ1n) is 8.32. The van der Waals surface area contributed by atoms with Gasteiger partial charge in [0.2, 0.25) is 0 Å². The summed E-state index contributed by atoms with van der Waals surface area (Å²) in [6.45, 7) is -0.721. The molecule has 0 bridgehead atoms. The molecule has 2 amide bonds. The van der Waals surface area contributed by atoms with Gasteiger partial charge in [0, 0.05) is 23.2 Å². The molecule has 0 aliphatic heterocycles. The molecule has 1 aromatic heterocycles. The van der Waals surface area contributed by atoms with Crippen LogP contribution in [0.15, 0.2) is 42.6 Å². The number of hydrogen-bond donors (Lipinski definition) is 3. The van der Waals surface area contributed by atoms with Gasteiger partial charge in [0.05, 0.1) is 23.3 Å². The van der Waals surface area contributed by atoms with E-state index in [9.17, 15) is 36.3 Å². The topological polar surface area (TPSA) is 91.1 Å². The number of fused-ring (bicyclic) bond motifs is 1. The number of Topliss-reactive ketones (excluding diaryl/α,β-unsaturated/α-hetero) is 1. The molecule has 11 heteroatoms. The maximum absolute atomic E-state index is 13.4. The summed E-state index contributed by atoms with van der Waals surface area (Å²) < 4.78 is 64.7. The molecular formula is C19H12F5N3O3. The highest BCUT2D eigenvalue weighted by atomic mass is 19.4. The lowest BCUT2D eigenvalue weighted by molar-refractivity contribution is -0.137. The Labute approximate surface area is 165 Å². The normalized spacial score (nSPS) is 11.4. The van der Waals surface area contributed by atoms with Crippen molar-refractivity contribution in [2.24, 2.45) is 0 Å². The standard InChI is InChI=1S/C19H12F5N3O3/c20-12-5-11-14(6-13(12)21)25-7-15(11)27-18(30)17(29)26-8-16(28)9-2-1-3-10(4-9)19(22,23)24/h1-7,25H,8H2,(H,26,29)(H,27,30). The fourth-order valence-corrected chi connectivity index (χ4v) is 2.61. The molecule has 0 saturated carbocycles. The van der Waals surface area contributed by atoms with Gasteiger partial charge in [-0.3, -0.25) is 14.4 Å². The molecule has 156 valence electrons. The number of rotatable bonds is 4. The van der Waals surface area contributed by atoms with Gasteiger partial charge in [0.25, 0.3) is 0 Å². The van der Waals surface area contributed by atoms with E-state index in [2.05, 4.69) is 10.3 Å². The maximum Gasteiger partial charge on any atom is 0.416 e. The molecule has 3 aromatic rings. The summed E-state index contributed by atoms with van der Waals surface area (Å²) in [6.07, 6.45) is -3.43. The second kappa shape index (κ2) is 7.93. The Kier molecular flexibility index (Phi) is 5.54. The number of hydrogen-bond acceptors (Lipinski definition) is 3. The van der Waals surface area contributed by atoms with Crippen LogP contribution in [0.25, 0.3) is 10.9 Å². The summed E-state index contributed by atoms with van der Waals surface area (Å²) >= 11 is 0. The minimum Gasteiger partial charge on any atom is -0.359 e. The van der Waals surface area contributed by atoms with E-state index in [4.69, 9.17) is 0 Å². The fraction of sp³-hybridized carbons (Fsp3) is 0.105. The molecule has 0 saturated heterocycles. The van der Waals surface area contributed by atoms with Crippen LogP contribution in [-0.4, -0.2) is 29.1 Å². The van der Waals surface area contributed by atoms with Crippen LogP contribution >= 0.6 is 0 Å². The average molecular weight is 425 g/mol. The Balaban J connectivity index is 1.63. The number of halogens is 5. The highest BCUT2D eigenvalue weighted by Crippen LogP contribution is 2.29. The molecule has 1 heterocycles. The first-order valence-corrected chi connectivity index (χ1v) is 8.32. The number of alkyl halides is 3. The number of anilines is 1. The van der Waals surface area contributed by atoms with Gasteiger partial charge in [0.15, 0.2) is 17.4 Å². The molecule has 0 atom stereocenters. The van der Waals surface area contributed by atoms with Crippen molar-refractivity contribution in [2.45, 2.75) is 6.18 Å². The van der Waals surface area contributed by atoms with Crippen molar-refractivity contribution < 1.29 is 36.3 Å². The zero-order chi connectivity index (χ0) is 22.1. The first-order chi connectivity index (χ1) is 14.1. The van der Waals surface area contributed by atoms with Gasteiger partial charge in [-0.15, -0.1) is 0 Å². The summed E-state index contributed by atoms with van der Waals surface area (Å²) in [5.41, 5.74) is -1.15. The number of H-pyrrole nitrogens is 1. The lowest BCUT2D eigenvalue weighted by atomic mass is 10.1. The maximum atomic E-state index is 13.4. The van der Waals surface area contributed by atoms with Crippen LogP contribution in [-0.2, 0) is 15.8 Å². The zero-order valence-corrected chi connectivity index (χ0v) is 14.9. The Morgan fingerprint density at radius 3 is 2.37 bits per heavy atom. The van der Waals surface area contributed by atoms with Crippen LogP contribution < -0.4 is 10.6 Å². The highest BCUT2D eigenvalue weighted by Gasteiger charge is 2.31. The molecule has 30 heavy (non-hydrogen) atoms. The lowest BCUT2D eigenvalue weighted by Gasteiger charge is -2.09. The van der Waals surface area contributed by atoms with Gasteiger partial charge >= 0.3 is 18.0 Å². The number of nitrogens with one attached hydrogen (secondary N) is 3. The Bertz CT molecular complexity index is 1150. The van der Waals surface area contributed by atoms with Crippen LogP contribution in [0, 0.1) is 11.6 Å². The van der Waals surface area contributed by atoms with E-state index in [0.717, 1.165) is 30.3 Å². The van der Waals surface area contributed by atoms with E-state index < -0.39 is 47.5 Å². The fourth-order valence-electron chi connectivity index (χ4n) is 2.61. The SMILES string of the molecule is O=C(NCC(=O)c1cccc(C(F)(F)F)c1)C(=O)Nc1c[nH]c2cc(F)c(F)cc12. The van der Waals surface area contributed by atoms with Crippen molar-refractivity contribution in [3.63, 3.8) is 0 Å². The third-order valence-corrected chi connectivity index (χ3v) is 4.10. The number of amides is 2. The van der Waals surface area contributed by atoms with E-state index >= 15 is 0 Å². The Morgan fingerprint density at radius 1 is 0.967 bits per heavy atom. The first kappa shape index (κ1) is 21.0. The molecule has 3 rings (SSSR count). The second-order valence-electron chi connectivity index (χ2n) is 6.15. The van der Waals surface area contributed by atoms with Gasteiger partial charge < -0.3 is 15.6 Å². The zero-order valence-electron chi connectivity index (χ0n) is 14.9. The van der Waals surface area contributed by atoms with Crippen LogP contribution in [0.5, 0.6) is 0 Å². The van der Waals surface area contributed by atoms with Crippen LogP contribution in [0.3, 0.4) is 0 Å². The summed E-state index contributed by atoms with van der Waals surface area (Å²) in [5, 5.41) is 4.27. The molecule has 3 N–H and O–H groups in total. The summed E-state index contributed by atoms with van der Waals surface area (Å²) in [6, 6.07) is 5.31. The van der Waals surface area contributed by atoms with Crippen LogP contribution in [0.4, 0.5) is 27.6 Å². The van der Waals surface area contributed by atoms with Crippen molar-refractivity contribution in [3.8, 4) is 0 Å². The van der Waals surface area contributed by atoms with Crippen LogP contribution in [0.1, 0.15) is 15.9 Å². The van der Waals surface area contributed by atoms with Crippen molar-refractivity contribution in [1.29, 1.82) is 0 Å². The highest BCUT2D eigenvalue weighted by molar-refractivity contribution is 6.40. The number of carbonyl (C=O) groups excluding carboxylic acids is 3. The number of aromatic nitrogens is 1. The van der Waals surface area contributed by atoms with Crippen molar-refractivity contribution in [2.75, 3.05) is 11.9 Å². The summed E-state index contributed by atoms with van der Waals surface area (Å²) in [5.74, 6) is -5.56. The molecule has 0 aliphatic carbocycles. The third-order valence-electron chi connectivity index (χ3n) is 4.10. The number of aromatic amines is 1. The second-order valence-corrected chi connectivity index (χ2v) is 6.15. The van der Waals surface area contributed by atoms with Gasteiger partial charge in [-0.25, -0.2) is 8.78 Å². The molecule has 6 nitrogen and oxygen atoms in total. The van der Waals surface area contributed by atoms with Gasteiger partial charge in [0.1, 0.15) is 0 Å². The average Bonchev–Trinajstić information content (AvgIpc) is 3.07. The minimum atomic E-state index is -4.64. The van der Waals surface area contributed by atoms with E-state index in [1.54, 1.807) is 0 Å². The molecule has 0 spiro atoms. The number of ketones is 1. The molecular weight excluding hydrogens is 413 g/mol. The predicted octanol–water partition coefficient (Wildman–Crippen LogP) is 3.40. The number of benzene rings is 2. The van der Waals surface area contributed by atoms with E-state index in [1.807, 2.05) is 5.32 Å². The largest absolute Gasteiger partial charge is 0.416 e. The van der Waals surface area contributed by atoms with E-state index in [0.29, 0.717) is 6.07 Å². The van der Waals surface area contributed by atoms with Crippen LogP contribution in [0.2, 0.25) is 0 Å². The minimum absolute atomic E-state index is 0.00625. The molecule has 0 aliphatic rings. The lowest BCUT2D eigenvalue weighted by Crippen LogP contribution is -2.38. The molecule has 0 unspecified atom stereocenters. The smallest absolute Gasteiger partial charge is 0.359 e. The van der Waals surface area contributed by atoms with Gasteiger partial charge in [-0.05, 0) is 18.2 Å². The molecule has 2 aromatic carbocycles. The Morgan fingerprint density at radius 2 is 1.67 bits per heavy atom. The van der Waals surface area contributed by atoms with Gasteiger partial charge in [-0.2, -0.15) is 13.2 Å². The van der Waals surface area contributed by atoms with Crippen molar-refractivity contribution >= 4 is 34.2 Å². The third kappa shape index (κ3) is 4.45. The quantitative estimate of drug-likeness (QED) is 0.340. The van der Waals surface area contributed by atoms with E-state index in [-0.39, 0.29) is 22.2 Å². The molecule has 0 radical (unpaired) electrons. The van der Waals surface area contributed by atoms with E-state index in [1.165, 1.54) is 6.20 Å². The summed E-state index contributed by atoms with van der Waals surface area (Å²) in [4.78, 5) is 38.5. The predicted molar refractivity (Wildman–Crippen MR) is 95.6 cm³/mol. The summed E-state index contributed by atoms with van der Waals surface area (Å²) in [7, 11) is 0. The van der Waals surface area contributed by atoms with Crippen molar-refractivity contribution in [1.82, 2.24) is 10.3 Å². The number of carbonyl (C=O) groups is 3. The monoisotopic (exact) mass is 425 g/mol.